The van der Waals surface area contributed by atoms with Gasteiger partial charge >= 0.3 is 0 Å². The van der Waals surface area contributed by atoms with E-state index in [1.807, 2.05) is 0 Å². The predicted molar refractivity (Wildman–Crippen MR) is 117 cm³/mol. The zero-order valence-electron chi connectivity index (χ0n) is 16.6. The minimum Gasteiger partial charge on any atom is -0.497 e. The summed E-state index contributed by atoms with van der Waals surface area (Å²) < 4.78 is 12.0. The van der Waals surface area contributed by atoms with Crippen molar-refractivity contribution in [2.75, 3.05) is 19.5 Å². The van der Waals surface area contributed by atoms with Crippen LogP contribution in [0.2, 0.25) is 0 Å². The number of amides is 1. The summed E-state index contributed by atoms with van der Waals surface area (Å²) in [5.74, 6) is 0.935. The van der Waals surface area contributed by atoms with Gasteiger partial charge in [0.05, 0.1) is 25.5 Å². The van der Waals surface area contributed by atoms with Crippen LogP contribution in [0, 0.1) is 0 Å². The van der Waals surface area contributed by atoms with E-state index in [0.717, 1.165) is 0 Å². The van der Waals surface area contributed by atoms with Gasteiger partial charge in [-0.1, -0.05) is 30.3 Å². The summed E-state index contributed by atoms with van der Waals surface area (Å²) in [5, 5.41) is 3.93. The van der Waals surface area contributed by atoms with Crippen molar-refractivity contribution in [3.63, 3.8) is 0 Å². The van der Waals surface area contributed by atoms with Gasteiger partial charge in [0, 0.05) is 34.8 Å². The van der Waals surface area contributed by atoms with Crippen LogP contribution in [0.15, 0.2) is 83.8 Å². The molecule has 1 amide bonds. The number of pyridine rings is 1. The molecule has 0 saturated carbocycles. The molecule has 0 aliphatic carbocycles. The van der Waals surface area contributed by atoms with E-state index in [0.29, 0.717) is 39.2 Å². The summed E-state index contributed by atoms with van der Waals surface area (Å²) in [4.78, 5) is 26.3. The molecule has 0 fully saturated rings. The Morgan fingerprint density at radius 3 is 2.23 bits per heavy atom. The van der Waals surface area contributed by atoms with Crippen molar-refractivity contribution >= 4 is 22.4 Å². The van der Waals surface area contributed by atoms with Crippen molar-refractivity contribution in [2.45, 2.75) is 0 Å². The van der Waals surface area contributed by atoms with E-state index in [-0.39, 0.29) is 11.5 Å². The molecule has 0 aliphatic rings. The molecule has 0 spiro atoms. The Hall–Kier alpha value is -4.06. The van der Waals surface area contributed by atoms with Crippen LogP contribution in [-0.4, -0.2) is 24.7 Å². The number of rotatable bonds is 5. The van der Waals surface area contributed by atoms with Crippen molar-refractivity contribution in [1.29, 1.82) is 0 Å². The van der Waals surface area contributed by atoms with Crippen molar-refractivity contribution in [2.24, 2.45) is 0 Å². The number of hydrogen-bond donors (Lipinski definition) is 1. The molecule has 30 heavy (non-hydrogen) atoms. The van der Waals surface area contributed by atoms with Crippen molar-refractivity contribution < 1.29 is 14.3 Å². The van der Waals surface area contributed by atoms with E-state index in [1.165, 1.54) is 4.57 Å². The molecule has 0 saturated heterocycles. The van der Waals surface area contributed by atoms with Crippen molar-refractivity contribution in [1.82, 2.24) is 4.57 Å². The molecule has 1 aromatic heterocycles. The average Bonchev–Trinajstić information content (AvgIpc) is 2.79. The molecule has 0 atom stereocenters. The number of fused-ring (bicyclic) bond motifs is 1. The number of nitrogens with zero attached hydrogens (tertiary/aromatic N) is 1. The normalized spacial score (nSPS) is 10.6. The first-order valence-electron chi connectivity index (χ1n) is 9.35. The van der Waals surface area contributed by atoms with E-state index in [9.17, 15) is 9.59 Å². The Labute approximate surface area is 173 Å². The van der Waals surface area contributed by atoms with Gasteiger partial charge in [0.15, 0.2) is 0 Å². The zero-order valence-corrected chi connectivity index (χ0v) is 16.6. The quantitative estimate of drug-likeness (QED) is 0.543. The molecule has 3 aromatic carbocycles. The third-order valence-electron chi connectivity index (χ3n) is 4.83. The monoisotopic (exact) mass is 400 g/mol. The largest absolute Gasteiger partial charge is 0.497 e. The van der Waals surface area contributed by atoms with Crippen LogP contribution in [0.25, 0.3) is 16.5 Å². The molecular formula is C24H20N2O4. The topological polar surface area (TPSA) is 69.6 Å². The first-order chi connectivity index (χ1) is 14.6. The first kappa shape index (κ1) is 19.3. The molecule has 0 unspecified atom stereocenters. The third kappa shape index (κ3) is 3.63. The molecule has 1 N–H and O–H groups in total. The molecule has 0 aliphatic heterocycles. The molecule has 0 bridgehead atoms. The van der Waals surface area contributed by atoms with Crippen LogP contribution in [0.3, 0.4) is 0 Å². The summed E-state index contributed by atoms with van der Waals surface area (Å²) >= 11 is 0. The second-order valence-electron chi connectivity index (χ2n) is 6.65. The van der Waals surface area contributed by atoms with Gasteiger partial charge in [-0.3, -0.25) is 14.2 Å². The fourth-order valence-corrected chi connectivity index (χ4v) is 3.32. The van der Waals surface area contributed by atoms with Crippen molar-refractivity contribution in [3.05, 3.63) is 94.9 Å². The lowest BCUT2D eigenvalue weighted by molar-refractivity contribution is 0.102. The highest BCUT2D eigenvalue weighted by atomic mass is 16.5. The number of nitrogens with one attached hydrogen (secondary N) is 1. The standard InChI is InChI=1S/C24H20N2O4/c1-29-18-9-5-7-16(13-18)25-23(27)22-15-26(17-8-6-10-19(14-17)30-2)24(28)21-12-4-3-11-20(21)22/h3-15H,1-2H3,(H,25,27). The fourth-order valence-electron chi connectivity index (χ4n) is 3.32. The molecule has 4 rings (SSSR count). The van der Waals surface area contributed by atoms with Crippen LogP contribution in [-0.2, 0) is 0 Å². The molecule has 6 nitrogen and oxygen atoms in total. The van der Waals surface area contributed by atoms with Gasteiger partial charge in [0.1, 0.15) is 11.5 Å². The molecule has 4 aromatic rings. The predicted octanol–water partition coefficient (Wildman–Crippen LogP) is 4.26. The summed E-state index contributed by atoms with van der Waals surface area (Å²) in [6.45, 7) is 0. The number of carbonyl (C=O) groups is 1. The fraction of sp³-hybridized carbons (Fsp3) is 0.0833. The zero-order chi connectivity index (χ0) is 21.1. The summed E-state index contributed by atoms with van der Waals surface area (Å²) in [6.07, 6.45) is 1.56. The van der Waals surface area contributed by atoms with E-state index < -0.39 is 0 Å². The first-order valence-corrected chi connectivity index (χ1v) is 9.35. The van der Waals surface area contributed by atoms with Crippen LogP contribution in [0.4, 0.5) is 5.69 Å². The van der Waals surface area contributed by atoms with E-state index >= 15 is 0 Å². The molecule has 1 heterocycles. The minimum atomic E-state index is -0.323. The number of aromatic nitrogens is 1. The van der Waals surface area contributed by atoms with Crippen LogP contribution < -0.4 is 20.3 Å². The highest BCUT2D eigenvalue weighted by Gasteiger charge is 2.16. The van der Waals surface area contributed by atoms with E-state index in [2.05, 4.69) is 5.32 Å². The Balaban J connectivity index is 1.85. The Bertz CT molecular complexity index is 1290. The van der Waals surface area contributed by atoms with Crippen molar-refractivity contribution in [3.8, 4) is 17.2 Å². The van der Waals surface area contributed by atoms with Gasteiger partial charge in [0.2, 0.25) is 0 Å². The minimum absolute atomic E-state index is 0.211. The number of methoxy groups -OCH3 is 2. The number of ether oxygens (including phenoxy) is 2. The number of anilines is 1. The van der Waals surface area contributed by atoms with Crippen LogP contribution in [0.5, 0.6) is 11.5 Å². The SMILES string of the molecule is COc1cccc(NC(=O)c2cn(-c3cccc(OC)c3)c(=O)c3ccccc23)c1. The maximum atomic E-state index is 13.2. The van der Waals surface area contributed by atoms with Gasteiger partial charge in [-0.25, -0.2) is 0 Å². The molecule has 6 heteroatoms. The number of benzene rings is 3. The second kappa shape index (κ2) is 8.13. The molecule has 0 radical (unpaired) electrons. The lowest BCUT2D eigenvalue weighted by atomic mass is 10.1. The van der Waals surface area contributed by atoms with Crippen LogP contribution in [0.1, 0.15) is 10.4 Å². The Morgan fingerprint density at radius 1 is 0.833 bits per heavy atom. The number of hydrogen-bond acceptors (Lipinski definition) is 4. The lowest BCUT2D eigenvalue weighted by Crippen LogP contribution is -2.22. The van der Waals surface area contributed by atoms with E-state index in [4.69, 9.17) is 9.47 Å². The summed E-state index contributed by atoms with van der Waals surface area (Å²) in [6, 6.07) is 21.3. The van der Waals surface area contributed by atoms with Crippen LogP contribution >= 0.6 is 0 Å². The smallest absolute Gasteiger partial charge is 0.262 e. The summed E-state index contributed by atoms with van der Waals surface area (Å²) in [7, 11) is 3.13. The average molecular weight is 400 g/mol. The second-order valence-corrected chi connectivity index (χ2v) is 6.65. The highest BCUT2D eigenvalue weighted by molar-refractivity contribution is 6.12. The van der Waals surface area contributed by atoms with Gasteiger partial charge in [-0.2, -0.15) is 0 Å². The molecule has 150 valence electrons. The maximum absolute atomic E-state index is 13.2. The number of carbonyl (C=O) groups excluding carboxylic acids is 1. The van der Waals surface area contributed by atoms with Gasteiger partial charge in [-0.15, -0.1) is 0 Å². The molecular weight excluding hydrogens is 380 g/mol. The Kier molecular flexibility index (Phi) is 5.22. The highest BCUT2D eigenvalue weighted by Crippen LogP contribution is 2.22. The van der Waals surface area contributed by atoms with E-state index in [1.54, 1.807) is 93.2 Å². The van der Waals surface area contributed by atoms with Gasteiger partial charge < -0.3 is 14.8 Å². The Morgan fingerprint density at radius 2 is 1.50 bits per heavy atom. The van der Waals surface area contributed by atoms with Gasteiger partial charge in [0.25, 0.3) is 11.5 Å². The maximum Gasteiger partial charge on any atom is 0.262 e. The third-order valence-corrected chi connectivity index (χ3v) is 4.83. The summed E-state index contributed by atoms with van der Waals surface area (Å²) in [5.41, 5.74) is 1.38. The lowest BCUT2D eigenvalue weighted by Gasteiger charge is -2.13. The van der Waals surface area contributed by atoms with Gasteiger partial charge in [-0.05, 0) is 30.3 Å².